The molecule has 0 heterocycles. The zero-order valence-electron chi connectivity index (χ0n) is 10.7. The van der Waals surface area contributed by atoms with Crippen LogP contribution in [-0.4, -0.2) is 40.4 Å². The van der Waals surface area contributed by atoms with Crippen molar-refractivity contribution in [2.45, 2.75) is 10.8 Å². The summed E-state index contributed by atoms with van der Waals surface area (Å²) in [7, 11) is -2.34. The molecule has 1 aromatic carbocycles. The van der Waals surface area contributed by atoms with Crippen molar-refractivity contribution in [3.63, 3.8) is 0 Å². The second-order valence-corrected chi connectivity index (χ2v) is 5.86. The number of carbonyl (C=O) groups excluding carboxylic acids is 1. The number of rotatable bonds is 6. The lowest BCUT2D eigenvalue weighted by molar-refractivity contribution is 0.0118. The third-order valence-corrected chi connectivity index (χ3v) is 3.93. The van der Waals surface area contributed by atoms with Gasteiger partial charge in [-0.05, 0) is 31.3 Å². The Morgan fingerprint density at radius 2 is 1.85 bits per heavy atom. The number of hydrogen-bond donors (Lipinski definition) is 3. The molecule has 0 unspecified atom stereocenters. The maximum atomic E-state index is 12.9. The van der Waals surface area contributed by atoms with Gasteiger partial charge in [-0.15, -0.1) is 0 Å². The first-order valence-electron chi connectivity index (χ1n) is 5.61. The molecular weight excluding hydrogens is 292 g/mol. The van der Waals surface area contributed by atoms with Crippen LogP contribution in [0.1, 0.15) is 10.4 Å². The molecule has 0 atom stereocenters. The largest absolute Gasteiger partial charge is 0.346 e. The Hall–Kier alpha value is -1.58. The van der Waals surface area contributed by atoms with E-state index in [2.05, 4.69) is 4.72 Å². The first kappa shape index (κ1) is 16.5. The maximum absolute atomic E-state index is 12.9. The van der Waals surface area contributed by atoms with E-state index < -0.39 is 34.9 Å². The molecule has 0 radical (unpaired) electrons. The molecule has 0 aliphatic carbocycles. The van der Waals surface area contributed by atoms with E-state index in [-0.39, 0.29) is 10.5 Å². The highest BCUT2D eigenvalue weighted by atomic mass is 32.2. The molecule has 0 bridgehead atoms. The van der Waals surface area contributed by atoms with E-state index >= 15 is 0 Å². The number of nitrogens with two attached hydrogens (primary N) is 1. The van der Waals surface area contributed by atoms with Crippen LogP contribution in [0.2, 0.25) is 0 Å². The van der Waals surface area contributed by atoms with Gasteiger partial charge < -0.3 is 11.1 Å². The average Bonchev–Trinajstić information content (AvgIpc) is 2.45. The van der Waals surface area contributed by atoms with Gasteiger partial charge in [0, 0.05) is 5.56 Å². The summed E-state index contributed by atoms with van der Waals surface area (Å²) in [5.41, 5.74) is 4.92. The van der Waals surface area contributed by atoms with Crippen molar-refractivity contribution in [3.8, 4) is 0 Å². The zero-order chi connectivity index (χ0) is 15.4. The van der Waals surface area contributed by atoms with Crippen molar-refractivity contribution in [1.82, 2.24) is 10.0 Å². The third-order valence-electron chi connectivity index (χ3n) is 2.50. The maximum Gasteiger partial charge on any atom is 0.277 e. The molecule has 1 aromatic rings. The van der Waals surface area contributed by atoms with Gasteiger partial charge in [-0.25, -0.2) is 21.9 Å². The minimum atomic E-state index is -3.60. The summed E-state index contributed by atoms with van der Waals surface area (Å²) in [6, 6.07) is 4.89. The van der Waals surface area contributed by atoms with E-state index in [4.69, 9.17) is 5.73 Å². The molecule has 1 rings (SSSR count). The molecule has 1 amide bonds. The van der Waals surface area contributed by atoms with Crippen LogP contribution >= 0.6 is 0 Å². The van der Waals surface area contributed by atoms with Gasteiger partial charge in [0.2, 0.25) is 10.0 Å². The van der Waals surface area contributed by atoms with Gasteiger partial charge in [0.05, 0.1) is 18.0 Å². The molecule has 9 heteroatoms. The van der Waals surface area contributed by atoms with Gasteiger partial charge in [0.15, 0.2) is 0 Å². The van der Waals surface area contributed by atoms with Crippen LogP contribution in [0, 0.1) is 0 Å². The second kappa shape index (κ2) is 6.25. The fourth-order valence-electron chi connectivity index (χ4n) is 1.29. The van der Waals surface area contributed by atoms with Gasteiger partial charge in [0.25, 0.3) is 11.8 Å². The van der Waals surface area contributed by atoms with E-state index in [1.165, 1.54) is 31.3 Å². The number of hydrogen-bond acceptors (Lipinski definition) is 4. The van der Waals surface area contributed by atoms with Crippen molar-refractivity contribution in [1.29, 1.82) is 0 Å². The lowest BCUT2D eigenvalue weighted by atomic mass is 10.2. The Morgan fingerprint density at radius 1 is 1.30 bits per heavy atom. The van der Waals surface area contributed by atoms with Crippen molar-refractivity contribution < 1.29 is 22.0 Å². The topological polar surface area (TPSA) is 101 Å². The minimum Gasteiger partial charge on any atom is -0.346 e. The lowest BCUT2D eigenvalue weighted by Crippen LogP contribution is -2.41. The van der Waals surface area contributed by atoms with Crippen molar-refractivity contribution >= 4 is 15.9 Å². The lowest BCUT2D eigenvalue weighted by Gasteiger charge is -2.14. The number of halogens is 2. The molecular formula is C11H15F2N3O3S. The molecule has 4 N–H and O–H groups in total. The predicted molar refractivity (Wildman–Crippen MR) is 69.0 cm³/mol. The first-order valence-corrected chi connectivity index (χ1v) is 7.10. The Kier molecular flexibility index (Phi) is 5.15. The zero-order valence-corrected chi connectivity index (χ0v) is 11.5. The molecule has 112 valence electrons. The highest BCUT2D eigenvalue weighted by Gasteiger charge is 2.27. The van der Waals surface area contributed by atoms with Gasteiger partial charge in [-0.1, -0.05) is 0 Å². The Morgan fingerprint density at radius 3 is 2.30 bits per heavy atom. The van der Waals surface area contributed by atoms with Crippen LogP contribution in [0.3, 0.4) is 0 Å². The summed E-state index contributed by atoms with van der Waals surface area (Å²) >= 11 is 0. The van der Waals surface area contributed by atoms with Crippen LogP contribution in [-0.2, 0) is 10.0 Å². The van der Waals surface area contributed by atoms with E-state index in [9.17, 15) is 22.0 Å². The third kappa shape index (κ3) is 4.22. The molecule has 0 spiro atoms. The van der Waals surface area contributed by atoms with Crippen molar-refractivity contribution in [2.24, 2.45) is 5.73 Å². The monoisotopic (exact) mass is 307 g/mol. The summed E-state index contributed by atoms with van der Waals surface area (Å²) < 4.78 is 50.8. The summed E-state index contributed by atoms with van der Waals surface area (Å²) in [6.45, 7) is -1.74. The average molecular weight is 307 g/mol. The van der Waals surface area contributed by atoms with Crippen LogP contribution in [0.15, 0.2) is 29.2 Å². The van der Waals surface area contributed by atoms with Crippen LogP contribution in [0.25, 0.3) is 0 Å². The van der Waals surface area contributed by atoms with Gasteiger partial charge in [-0.2, -0.15) is 0 Å². The number of amides is 1. The smallest absolute Gasteiger partial charge is 0.277 e. The normalized spacial score (nSPS) is 12.2. The number of nitrogens with one attached hydrogen (secondary N) is 2. The number of carbonyl (C=O) groups is 1. The SMILES string of the molecule is CNS(=O)(=O)c1ccc(C(=O)NCC(F)(F)CN)cc1. The molecule has 6 nitrogen and oxygen atoms in total. The van der Waals surface area contributed by atoms with Crippen LogP contribution in [0.5, 0.6) is 0 Å². The molecule has 0 aliphatic rings. The molecule has 0 saturated carbocycles. The number of benzene rings is 1. The Bertz CT molecular complexity index is 573. The standard InChI is InChI=1S/C11H15F2N3O3S/c1-15-20(18,19)9-4-2-8(3-5-9)10(17)16-7-11(12,13)6-14/h2-5,15H,6-7,14H2,1H3,(H,16,17). The van der Waals surface area contributed by atoms with Crippen molar-refractivity contribution in [2.75, 3.05) is 20.1 Å². The van der Waals surface area contributed by atoms with E-state index in [1.54, 1.807) is 0 Å². The fraction of sp³-hybridized carbons (Fsp3) is 0.364. The number of alkyl halides is 2. The Labute approximate surface area is 115 Å². The highest BCUT2D eigenvalue weighted by molar-refractivity contribution is 7.89. The van der Waals surface area contributed by atoms with E-state index in [0.717, 1.165) is 0 Å². The van der Waals surface area contributed by atoms with Crippen LogP contribution < -0.4 is 15.8 Å². The van der Waals surface area contributed by atoms with Gasteiger partial charge >= 0.3 is 0 Å². The predicted octanol–water partition coefficient (Wildman–Crippen LogP) is -0.0815. The minimum absolute atomic E-state index is 0.0242. The second-order valence-electron chi connectivity index (χ2n) is 3.97. The summed E-state index contributed by atoms with van der Waals surface area (Å²) in [6.07, 6.45) is 0. The van der Waals surface area contributed by atoms with Gasteiger partial charge in [0.1, 0.15) is 0 Å². The molecule has 20 heavy (non-hydrogen) atoms. The van der Waals surface area contributed by atoms with E-state index in [0.29, 0.717) is 0 Å². The van der Waals surface area contributed by atoms with Crippen molar-refractivity contribution in [3.05, 3.63) is 29.8 Å². The number of sulfonamides is 1. The first-order chi connectivity index (χ1) is 9.22. The fourth-order valence-corrected chi connectivity index (χ4v) is 2.02. The molecule has 0 aliphatic heterocycles. The van der Waals surface area contributed by atoms with E-state index in [1.807, 2.05) is 5.32 Å². The highest BCUT2D eigenvalue weighted by Crippen LogP contribution is 2.12. The van der Waals surface area contributed by atoms with Gasteiger partial charge in [-0.3, -0.25) is 4.79 Å². The quantitative estimate of drug-likeness (QED) is 0.684. The molecule has 0 aromatic heterocycles. The summed E-state index contributed by atoms with van der Waals surface area (Å²) in [5, 5.41) is 2.03. The Balaban J connectivity index is 2.77. The summed E-state index contributed by atoms with van der Waals surface area (Å²) in [5.74, 6) is -3.91. The molecule has 0 saturated heterocycles. The van der Waals surface area contributed by atoms with Crippen LogP contribution in [0.4, 0.5) is 8.78 Å². The molecule has 0 fully saturated rings. The summed E-state index contributed by atoms with van der Waals surface area (Å²) in [4.78, 5) is 11.6.